The van der Waals surface area contributed by atoms with Gasteiger partial charge in [-0.3, -0.25) is 9.78 Å². The molecule has 1 aromatic heterocycles. The molecule has 1 atom stereocenters. The minimum Gasteiger partial charge on any atom is -0.481 e. The van der Waals surface area contributed by atoms with Crippen LogP contribution in [0.5, 0.6) is 0 Å². The van der Waals surface area contributed by atoms with Crippen molar-refractivity contribution in [3.8, 4) is 0 Å². The lowest BCUT2D eigenvalue weighted by Crippen LogP contribution is -2.14. The molecule has 0 saturated heterocycles. The Hall–Kier alpha value is -1.42. The molecule has 0 spiro atoms. The molecule has 0 aliphatic carbocycles. The first-order chi connectivity index (χ1) is 8.74. The van der Waals surface area contributed by atoms with E-state index in [2.05, 4.69) is 4.98 Å². The Morgan fingerprint density at radius 3 is 2.72 bits per heavy atom. The maximum Gasteiger partial charge on any atom is 0.306 e. The smallest absolute Gasteiger partial charge is 0.306 e. The van der Waals surface area contributed by atoms with Crippen LogP contribution in [-0.2, 0) is 11.2 Å². The molecule has 1 aromatic rings. The van der Waals surface area contributed by atoms with Crippen molar-refractivity contribution >= 4 is 5.97 Å². The van der Waals surface area contributed by atoms with Gasteiger partial charge in [-0.1, -0.05) is 12.5 Å². The SMILES string of the molecule is NCCCCC(CCCc1cccnc1)C(=O)O. The number of rotatable bonds is 9. The number of nitrogens with two attached hydrogens (primary N) is 1. The van der Waals surface area contributed by atoms with E-state index in [0.717, 1.165) is 38.5 Å². The predicted octanol–water partition coefficient (Wildman–Crippen LogP) is 2.23. The topological polar surface area (TPSA) is 76.2 Å². The van der Waals surface area contributed by atoms with Crippen LogP contribution in [0.25, 0.3) is 0 Å². The van der Waals surface area contributed by atoms with Gasteiger partial charge in [-0.05, 0) is 50.3 Å². The summed E-state index contributed by atoms with van der Waals surface area (Å²) in [6, 6.07) is 3.93. The van der Waals surface area contributed by atoms with Crippen molar-refractivity contribution in [1.82, 2.24) is 4.98 Å². The lowest BCUT2D eigenvalue weighted by molar-refractivity contribution is -0.142. The number of unbranched alkanes of at least 4 members (excludes halogenated alkanes) is 1. The molecule has 0 fully saturated rings. The van der Waals surface area contributed by atoms with Crippen molar-refractivity contribution in [1.29, 1.82) is 0 Å². The number of carboxylic acid groups (broad SMARTS) is 1. The van der Waals surface area contributed by atoms with Crippen molar-refractivity contribution in [3.63, 3.8) is 0 Å². The number of hydrogen-bond acceptors (Lipinski definition) is 3. The number of hydrogen-bond donors (Lipinski definition) is 2. The van der Waals surface area contributed by atoms with Crippen LogP contribution in [0, 0.1) is 5.92 Å². The van der Waals surface area contributed by atoms with Crippen LogP contribution in [0.3, 0.4) is 0 Å². The fourth-order valence-corrected chi connectivity index (χ4v) is 2.02. The Morgan fingerprint density at radius 1 is 1.33 bits per heavy atom. The van der Waals surface area contributed by atoms with Gasteiger partial charge in [0.25, 0.3) is 0 Å². The first-order valence-corrected chi connectivity index (χ1v) is 6.56. The molecule has 0 radical (unpaired) electrons. The van der Waals surface area contributed by atoms with Crippen LogP contribution in [-0.4, -0.2) is 22.6 Å². The highest BCUT2D eigenvalue weighted by Gasteiger charge is 2.16. The van der Waals surface area contributed by atoms with E-state index in [9.17, 15) is 4.79 Å². The summed E-state index contributed by atoms with van der Waals surface area (Å²) < 4.78 is 0. The molecule has 1 rings (SSSR count). The number of aryl methyl sites for hydroxylation is 1. The van der Waals surface area contributed by atoms with Crippen LogP contribution in [0.15, 0.2) is 24.5 Å². The summed E-state index contributed by atoms with van der Waals surface area (Å²) in [7, 11) is 0. The van der Waals surface area contributed by atoms with E-state index < -0.39 is 5.97 Å². The summed E-state index contributed by atoms with van der Waals surface area (Å²) in [5, 5.41) is 9.13. The molecule has 0 aliphatic rings. The average molecular weight is 250 g/mol. The zero-order valence-corrected chi connectivity index (χ0v) is 10.7. The Labute approximate surface area is 108 Å². The summed E-state index contributed by atoms with van der Waals surface area (Å²) in [5.74, 6) is -0.911. The largest absolute Gasteiger partial charge is 0.481 e. The van der Waals surface area contributed by atoms with E-state index in [4.69, 9.17) is 10.8 Å². The fraction of sp³-hybridized carbons (Fsp3) is 0.571. The van der Waals surface area contributed by atoms with Crippen LogP contribution in [0.2, 0.25) is 0 Å². The molecule has 0 amide bonds. The van der Waals surface area contributed by atoms with Gasteiger partial charge in [0, 0.05) is 12.4 Å². The number of aliphatic carboxylic acids is 1. The number of carboxylic acids is 1. The van der Waals surface area contributed by atoms with Gasteiger partial charge in [-0.2, -0.15) is 0 Å². The Bertz CT molecular complexity index is 341. The third kappa shape index (κ3) is 5.77. The first kappa shape index (κ1) is 14.6. The Balaban J connectivity index is 2.27. The third-order valence-corrected chi connectivity index (χ3v) is 3.10. The molecular formula is C14H22N2O2. The molecule has 0 aromatic carbocycles. The lowest BCUT2D eigenvalue weighted by Gasteiger charge is -2.11. The molecule has 4 heteroatoms. The molecular weight excluding hydrogens is 228 g/mol. The molecule has 0 aliphatic heterocycles. The molecule has 0 saturated carbocycles. The number of aromatic nitrogens is 1. The second kappa shape index (κ2) is 8.64. The summed E-state index contributed by atoms with van der Waals surface area (Å²) >= 11 is 0. The quantitative estimate of drug-likeness (QED) is 0.659. The predicted molar refractivity (Wildman–Crippen MR) is 71.2 cm³/mol. The van der Waals surface area contributed by atoms with Crippen LogP contribution in [0.4, 0.5) is 0 Å². The van der Waals surface area contributed by atoms with Gasteiger partial charge in [0.05, 0.1) is 5.92 Å². The second-order valence-electron chi connectivity index (χ2n) is 4.57. The highest BCUT2D eigenvalue weighted by atomic mass is 16.4. The number of pyridine rings is 1. The van der Waals surface area contributed by atoms with E-state index in [-0.39, 0.29) is 5.92 Å². The van der Waals surface area contributed by atoms with Gasteiger partial charge >= 0.3 is 5.97 Å². The summed E-state index contributed by atoms with van der Waals surface area (Å²) in [6.07, 6.45) is 8.65. The monoisotopic (exact) mass is 250 g/mol. The molecule has 3 N–H and O–H groups in total. The van der Waals surface area contributed by atoms with Crippen LogP contribution >= 0.6 is 0 Å². The highest BCUT2D eigenvalue weighted by molar-refractivity contribution is 5.69. The maximum absolute atomic E-state index is 11.1. The fourth-order valence-electron chi connectivity index (χ4n) is 2.02. The van der Waals surface area contributed by atoms with Crippen molar-refractivity contribution < 1.29 is 9.90 Å². The van der Waals surface area contributed by atoms with Gasteiger partial charge in [0.15, 0.2) is 0 Å². The van der Waals surface area contributed by atoms with E-state index in [1.807, 2.05) is 18.3 Å². The van der Waals surface area contributed by atoms with Crippen molar-refractivity contribution in [2.45, 2.75) is 38.5 Å². The zero-order valence-electron chi connectivity index (χ0n) is 10.7. The average Bonchev–Trinajstić information content (AvgIpc) is 2.38. The van der Waals surface area contributed by atoms with Crippen molar-refractivity contribution in [2.24, 2.45) is 11.7 Å². The zero-order chi connectivity index (χ0) is 13.2. The van der Waals surface area contributed by atoms with Crippen molar-refractivity contribution in [2.75, 3.05) is 6.54 Å². The van der Waals surface area contributed by atoms with Crippen LogP contribution < -0.4 is 5.73 Å². The van der Waals surface area contributed by atoms with E-state index in [0.29, 0.717) is 6.54 Å². The molecule has 100 valence electrons. The third-order valence-electron chi connectivity index (χ3n) is 3.10. The Morgan fingerprint density at radius 2 is 2.11 bits per heavy atom. The maximum atomic E-state index is 11.1. The van der Waals surface area contributed by atoms with Gasteiger partial charge < -0.3 is 10.8 Å². The van der Waals surface area contributed by atoms with E-state index in [1.54, 1.807) is 6.20 Å². The summed E-state index contributed by atoms with van der Waals surface area (Å²) in [6.45, 7) is 0.641. The van der Waals surface area contributed by atoms with Crippen LogP contribution in [0.1, 0.15) is 37.7 Å². The molecule has 4 nitrogen and oxygen atoms in total. The minimum atomic E-state index is -0.682. The van der Waals surface area contributed by atoms with Gasteiger partial charge in [-0.15, -0.1) is 0 Å². The van der Waals surface area contributed by atoms with Gasteiger partial charge in [0.1, 0.15) is 0 Å². The second-order valence-corrected chi connectivity index (χ2v) is 4.57. The molecule has 1 unspecified atom stereocenters. The first-order valence-electron chi connectivity index (χ1n) is 6.56. The van der Waals surface area contributed by atoms with Gasteiger partial charge in [0.2, 0.25) is 0 Å². The number of carbonyl (C=O) groups is 1. The summed E-state index contributed by atoms with van der Waals surface area (Å²) in [4.78, 5) is 15.1. The van der Waals surface area contributed by atoms with Crippen molar-refractivity contribution in [3.05, 3.63) is 30.1 Å². The molecule has 1 heterocycles. The van der Waals surface area contributed by atoms with Gasteiger partial charge in [-0.25, -0.2) is 0 Å². The van der Waals surface area contributed by atoms with E-state index >= 15 is 0 Å². The normalized spacial score (nSPS) is 12.3. The Kier molecular flexibility index (Phi) is 7.03. The standard InChI is InChI=1S/C14H22N2O2/c15-9-2-1-7-13(14(17)18)8-3-5-12-6-4-10-16-11-12/h4,6,10-11,13H,1-3,5,7-9,15H2,(H,17,18). The van der Waals surface area contributed by atoms with E-state index in [1.165, 1.54) is 5.56 Å². The highest BCUT2D eigenvalue weighted by Crippen LogP contribution is 2.16. The molecule has 0 bridgehead atoms. The minimum absolute atomic E-state index is 0.228. The summed E-state index contributed by atoms with van der Waals surface area (Å²) in [5.41, 5.74) is 6.58. The lowest BCUT2D eigenvalue weighted by atomic mass is 9.95. The number of nitrogens with zero attached hydrogens (tertiary/aromatic N) is 1. The molecule has 18 heavy (non-hydrogen) atoms.